The highest BCUT2D eigenvalue weighted by Crippen LogP contribution is 2.39. The van der Waals surface area contributed by atoms with Gasteiger partial charge in [0.1, 0.15) is 30.9 Å². The summed E-state index contributed by atoms with van der Waals surface area (Å²) in [5.74, 6) is 1.46. The van der Waals surface area contributed by atoms with E-state index in [9.17, 15) is 23.2 Å². The first-order valence-electron chi connectivity index (χ1n) is 14.2. The van der Waals surface area contributed by atoms with Crippen LogP contribution in [0.4, 0.5) is 24.9 Å². The van der Waals surface area contributed by atoms with Crippen LogP contribution in [-0.2, 0) is 22.4 Å². The summed E-state index contributed by atoms with van der Waals surface area (Å²) in [6.07, 6.45) is 6.17. The number of Topliss-reactive ketones (excluding diaryl/α,β-unsaturated/α-hetero) is 1. The SMILES string of the molecule is CC(=O)[C@H](CCN(CCCCc1ccc2c(n1)NCCC2)CCOCC(F)(F)F)Nc1ncc(C2CC2)c[n+]1O. The van der Waals surface area contributed by atoms with Crippen LogP contribution in [0.25, 0.3) is 0 Å². The molecule has 2 aromatic rings. The standard InChI is InChI=1S/C28H39F3N6O3/c1-20(38)25(35-27-33-17-23(18-37(27)39)21-7-8-21)11-14-36(15-16-40-19-28(29,30)31)13-3-2-6-24-10-9-22-5-4-12-32-26(22)34-24/h9-10,17-18,21,25,39H,2-8,11-16,19H2,1H3,(H,32,34)/p+1/t25-/m0/s1. The Hall–Kier alpha value is -2.99. The first kappa shape index (κ1) is 30.0. The number of unbranched alkanes of at least 4 members (excludes halogenated alkanes) is 1. The molecule has 2 aromatic heterocycles. The fraction of sp³-hybridized carbons (Fsp3) is 0.643. The molecule has 0 unspecified atom stereocenters. The van der Waals surface area contributed by atoms with Gasteiger partial charge in [-0.15, -0.1) is 0 Å². The Morgan fingerprint density at radius 2 is 2.10 bits per heavy atom. The molecule has 0 saturated heterocycles. The molecule has 0 bridgehead atoms. The van der Waals surface area contributed by atoms with Crippen LogP contribution in [0.2, 0.25) is 0 Å². The van der Waals surface area contributed by atoms with E-state index in [4.69, 9.17) is 9.72 Å². The molecule has 1 saturated carbocycles. The average molecular weight is 566 g/mol. The van der Waals surface area contributed by atoms with Crippen molar-refractivity contribution in [3.8, 4) is 0 Å². The molecule has 1 fully saturated rings. The first-order chi connectivity index (χ1) is 19.2. The molecule has 3 N–H and O–H groups in total. The van der Waals surface area contributed by atoms with E-state index in [1.807, 2.05) is 4.90 Å². The van der Waals surface area contributed by atoms with Crippen molar-refractivity contribution in [1.29, 1.82) is 0 Å². The predicted octanol–water partition coefficient (Wildman–Crippen LogP) is 3.90. The summed E-state index contributed by atoms with van der Waals surface area (Å²) in [4.78, 5) is 23.4. The second kappa shape index (κ2) is 14.1. The molecule has 1 aliphatic heterocycles. The van der Waals surface area contributed by atoms with Gasteiger partial charge in [0.05, 0.1) is 6.61 Å². The Labute approximate surface area is 233 Å². The van der Waals surface area contributed by atoms with E-state index in [0.717, 1.165) is 73.3 Å². The van der Waals surface area contributed by atoms with Crippen molar-refractivity contribution in [2.24, 2.45) is 0 Å². The normalized spacial score (nSPS) is 15.9. The van der Waals surface area contributed by atoms with Gasteiger partial charge in [0.25, 0.3) is 0 Å². The summed E-state index contributed by atoms with van der Waals surface area (Å²) in [5, 5.41) is 16.7. The Morgan fingerprint density at radius 3 is 2.83 bits per heavy atom. The number of aromatic nitrogens is 3. The molecule has 2 aliphatic rings. The van der Waals surface area contributed by atoms with Gasteiger partial charge in [-0.25, -0.2) is 4.98 Å². The second-order valence-electron chi connectivity index (χ2n) is 10.7. The molecule has 0 amide bonds. The van der Waals surface area contributed by atoms with E-state index in [1.54, 1.807) is 12.4 Å². The number of ether oxygens (including phenoxy) is 1. The molecule has 1 atom stereocenters. The summed E-state index contributed by atoms with van der Waals surface area (Å²) in [5.41, 5.74) is 3.22. The number of hydrogen-bond donors (Lipinski definition) is 3. The number of halogens is 3. The van der Waals surface area contributed by atoms with Crippen LogP contribution in [0.5, 0.6) is 0 Å². The van der Waals surface area contributed by atoms with Crippen molar-refractivity contribution in [3.63, 3.8) is 0 Å². The molecule has 4 rings (SSSR count). The molecular formula is C28H40F3N6O3+. The van der Waals surface area contributed by atoms with Gasteiger partial charge in [-0.3, -0.25) is 10.1 Å². The molecule has 9 nitrogen and oxygen atoms in total. The molecule has 0 radical (unpaired) electrons. The van der Waals surface area contributed by atoms with Crippen LogP contribution in [-0.4, -0.2) is 77.5 Å². The number of carbonyl (C=O) groups is 1. The third-order valence-electron chi connectivity index (χ3n) is 7.33. The minimum absolute atomic E-state index is 0.0590. The summed E-state index contributed by atoms with van der Waals surface area (Å²) >= 11 is 0. The van der Waals surface area contributed by atoms with Crippen LogP contribution in [0, 0.1) is 0 Å². The lowest BCUT2D eigenvalue weighted by Gasteiger charge is -2.24. The van der Waals surface area contributed by atoms with E-state index in [2.05, 4.69) is 27.8 Å². The van der Waals surface area contributed by atoms with Crippen molar-refractivity contribution in [3.05, 3.63) is 41.3 Å². The zero-order valence-corrected chi connectivity index (χ0v) is 23.1. The smallest absolute Gasteiger partial charge is 0.371 e. The number of nitrogens with one attached hydrogen (secondary N) is 2. The Balaban J connectivity index is 1.29. The highest BCUT2D eigenvalue weighted by atomic mass is 19.4. The molecule has 220 valence electrons. The monoisotopic (exact) mass is 565 g/mol. The van der Waals surface area contributed by atoms with E-state index in [0.29, 0.717) is 32.0 Å². The van der Waals surface area contributed by atoms with Crippen LogP contribution in [0.15, 0.2) is 24.5 Å². The third kappa shape index (κ3) is 9.58. The lowest BCUT2D eigenvalue weighted by Crippen LogP contribution is -2.42. The minimum Gasteiger partial charge on any atom is -0.371 e. The largest absolute Gasteiger partial charge is 0.428 e. The van der Waals surface area contributed by atoms with Crippen LogP contribution in [0.3, 0.4) is 0 Å². The number of anilines is 2. The molecule has 0 spiro atoms. The lowest BCUT2D eigenvalue weighted by atomic mass is 10.1. The van der Waals surface area contributed by atoms with Crippen molar-refractivity contribution in [2.45, 2.75) is 76.4 Å². The zero-order chi connectivity index (χ0) is 28.5. The van der Waals surface area contributed by atoms with Crippen LogP contribution in [0.1, 0.15) is 68.2 Å². The number of hydrogen-bond acceptors (Lipinski definition) is 8. The van der Waals surface area contributed by atoms with Crippen LogP contribution < -0.4 is 15.4 Å². The van der Waals surface area contributed by atoms with Gasteiger partial charge in [0, 0.05) is 37.3 Å². The maximum Gasteiger partial charge on any atom is 0.428 e. The Bertz CT molecular complexity index is 1130. The minimum atomic E-state index is -4.37. The van der Waals surface area contributed by atoms with Crippen molar-refractivity contribution in [2.75, 3.05) is 50.0 Å². The fourth-order valence-corrected chi connectivity index (χ4v) is 4.87. The van der Waals surface area contributed by atoms with Crippen LogP contribution >= 0.6 is 0 Å². The van der Waals surface area contributed by atoms with E-state index in [1.165, 1.54) is 12.5 Å². The Kier molecular flexibility index (Phi) is 10.5. The maximum atomic E-state index is 12.5. The van der Waals surface area contributed by atoms with Crippen molar-refractivity contribution >= 4 is 17.5 Å². The molecular weight excluding hydrogens is 525 g/mol. The Morgan fingerprint density at radius 1 is 1.27 bits per heavy atom. The van der Waals surface area contributed by atoms with Gasteiger partial charge in [0.2, 0.25) is 0 Å². The zero-order valence-electron chi connectivity index (χ0n) is 23.1. The van der Waals surface area contributed by atoms with Gasteiger partial charge in [-0.2, -0.15) is 13.2 Å². The number of alkyl halides is 3. The number of nitrogens with zero attached hydrogens (tertiary/aromatic N) is 4. The van der Waals surface area contributed by atoms with Gasteiger partial charge in [0.15, 0.2) is 5.78 Å². The van der Waals surface area contributed by atoms with E-state index < -0.39 is 18.8 Å². The first-order valence-corrected chi connectivity index (χ1v) is 14.2. The van der Waals surface area contributed by atoms with Crippen molar-refractivity contribution < 1.29 is 32.6 Å². The predicted molar refractivity (Wildman–Crippen MR) is 144 cm³/mol. The van der Waals surface area contributed by atoms with Crippen molar-refractivity contribution in [1.82, 2.24) is 14.9 Å². The second-order valence-corrected chi connectivity index (χ2v) is 10.7. The number of aryl methyl sites for hydroxylation is 2. The number of fused-ring (bicyclic) bond motifs is 1. The van der Waals surface area contributed by atoms with Gasteiger partial charge < -0.3 is 20.2 Å². The number of ketones is 1. The number of rotatable bonds is 16. The van der Waals surface area contributed by atoms with Gasteiger partial charge in [-0.05, 0) is 76.0 Å². The maximum absolute atomic E-state index is 12.5. The molecule has 40 heavy (non-hydrogen) atoms. The van der Waals surface area contributed by atoms with Gasteiger partial charge >= 0.3 is 12.1 Å². The van der Waals surface area contributed by atoms with E-state index >= 15 is 0 Å². The number of pyridine rings is 1. The molecule has 1 aliphatic carbocycles. The topological polar surface area (TPSA) is 103 Å². The third-order valence-corrected chi connectivity index (χ3v) is 7.33. The highest BCUT2D eigenvalue weighted by molar-refractivity contribution is 5.83. The average Bonchev–Trinajstić information content (AvgIpc) is 3.76. The van der Waals surface area contributed by atoms with Gasteiger partial charge in [-0.1, -0.05) is 15.8 Å². The summed E-state index contributed by atoms with van der Waals surface area (Å²) < 4.78 is 43.3. The van der Waals surface area contributed by atoms with E-state index in [-0.39, 0.29) is 18.3 Å². The molecule has 3 heterocycles. The quantitative estimate of drug-likeness (QED) is 0.160. The fourth-order valence-electron chi connectivity index (χ4n) is 4.87. The summed E-state index contributed by atoms with van der Waals surface area (Å²) in [6.45, 7) is 2.50. The highest BCUT2D eigenvalue weighted by Gasteiger charge is 2.29. The summed E-state index contributed by atoms with van der Waals surface area (Å²) in [6, 6.07) is 3.59. The number of carbonyl (C=O) groups excluding carboxylic acids is 1. The summed E-state index contributed by atoms with van der Waals surface area (Å²) in [7, 11) is 0. The molecule has 0 aromatic carbocycles. The lowest BCUT2D eigenvalue weighted by molar-refractivity contribution is -0.895. The molecule has 12 heteroatoms.